The number of amides is 2. The lowest BCUT2D eigenvalue weighted by molar-refractivity contribution is -0.160. The molecule has 2 amide bonds. The Bertz CT molecular complexity index is 718. The van der Waals surface area contributed by atoms with Gasteiger partial charge in [0.05, 0.1) is 5.41 Å². The third-order valence-electron chi connectivity index (χ3n) is 5.06. The molecular weight excluding hydrogens is 422 g/mol. The summed E-state index contributed by atoms with van der Waals surface area (Å²) < 4.78 is 0. The molecule has 174 valence electrons. The minimum absolute atomic E-state index is 0.0494. The fourth-order valence-electron chi connectivity index (χ4n) is 3.51. The smallest absolute Gasteiger partial charge is 0.290 e. The van der Waals surface area contributed by atoms with Gasteiger partial charge in [0.15, 0.2) is 0 Å². The molecule has 0 aliphatic carbocycles. The number of hydrogen-bond donors (Lipinski definition) is 3. The van der Waals surface area contributed by atoms with E-state index < -0.39 is 11.5 Å². The molecule has 1 aliphatic heterocycles. The number of hydrogen-bond acceptors (Lipinski definition) is 5. The van der Waals surface area contributed by atoms with Gasteiger partial charge >= 0.3 is 0 Å². The summed E-state index contributed by atoms with van der Waals surface area (Å²) in [5.74, 6) is -0.110. The van der Waals surface area contributed by atoms with Crippen molar-refractivity contribution in [2.75, 3.05) is 40.3 Å². The number of halogens is 1. The summed E-state index contributed by atoms with van der Waals surface area (Å²) in [6.45, 7) is 5.62. The number of rotatable bonds is 9. The van der Waals surface area contributed by atoms with Gasteiger partial charge in [-0.05, 0) is 50.6 Å². The molecule has 0 radical (unpaired) electrons. The minimum atomic E-state index is -1.01. The van der Waals surface area contributed by atoms with E-state index in [0.717, 1.165) is 12.1 Å². The van der Waals surface area contributed by atoms with Gasteiger partial charge in [0.2, 0.25) is 5.91 Å². The highest BCUT2D eigenvalue weighted by molar-refractivity contribution is 6.30. The lowest BCUT2D eigenvalue weighted by Crippen LogP contribution is -2.67. The van der Waals surface area contributed by atoms with Crippen LogP contribution < -0.4 is 5.32 Å². The third kappa shape index (κ3) is 8.47. The second-order valence-corrected chi connectivity index (χ2v) is 9.02. The van der Waals surface area contributed by atoms with Crippen molar-refractivity contribution in [3.05, 3.63) is 34.9 Å². The lowest BCUT2D eigenvalue weighted by Gasteiger charge is -2.49. The molecule has 1 aliphatic rings. The second-order valence-electron chi connectivity index (χ2n) is 8.59. The molecule has 1 saturated heterocycles. The van der Waals surface area contributed by atoms with Gasteiger partial charge in [0.25, 0.3) is 12.4 Å². The topological polar surface area (TPSA) is 110 Å². The third-order valence-corrected chi connectivity index (χ3v) is 5.31. The molecule has 3 N–H and O–H groups in total. The summed E-state index contributed by atoms with van der Waals surface area (Å²) in [7, 11) is 3.91. The van der Waals surface area contributed by atoms with Crippen molar-refractivity contribution < 1.29 is 24.6 Å². The van der Waals surface area contributed by atoms with E-state index in [1.165, 1.54) is 0 Å². The van der Waals surface area contributed by atoms with E-state index in [1.807, 2.05) is 57.1 Å². The van der Waals surface area contributed by atoms with Crippen LogP contribution in [0.2, 0.25) is 5.02 Å². The summed E-state index contributed by atoms with van der Waals surface area (Å²) in [5, 5.41) is 20.7. The molecule has 2 rings (SSSR count). The van der Waals surface area contributed by atoms with Crippen molar-refractivity contribution >= 4 is 29.9 Å². The first-order valence-electron chi connectivity index (χ1n) is 10.3. The summed E-state index contributed by atoms with van der Waals surface area (Å²) >= 11 is 5.97. The molecule has 9 heteroatoms. The molecule has 1 unspecified atom stereocenters. The maximum atomic E-state index is 13.0. The Morgan fingerprint density at radius 1 is 1.26 bits per heavy atom. The number of carboxylic acid groups (broad SMARTS) is 1. The summed E-state index contributed by atoms with van der Waals surface area (Å²) in [6, 6.07) is 7.44. The summed E-state index contributed by atoms with van der Waals surface area (Å²) in [6.07, 6.45) is -0.0540. The van der Waals surface area contributed by atoms with Gasteiger partial charge in [0, 0.05) is 31.2 Å². The van der Waals surface area contributed by atoms with Crippen LogP contribution in [0.25, 0.3) is 0 Å². The van der Waals surface area contributed by atoms with Gasteiger partial charge in [0.1, 0.15) is 6.10 Å². The van der Waals surface area contributed by atoms with Crippen LogP contribution >= 0.6 is 11.6 Å². The number of nitrogens with zero attached hydrogens (tertiary/aromatic N) is 2. The van der Waals surface area contributed by atoms with Crippen LogP contribution in [-0.4, -0.2) is 84.7 Å². The Labute approximate surface area is 189 Å². The molecule has 8 nitrogen and oxygen atoms in total. The molecule has 0 bridgehead atoms. The van der Waals surface area contributed by atoms with Crippen LogP contribution in [0, 0.1) is 11.3 Å². The van der Waals surface area contributed by atoms with E-state index in [2.05, 4.69) is 5.32 Å². The van der Waals surface area contributed by atoms with Gasteiger partial charge in [-0.3, -0.25) is 14.4 Å². The maximum absolute atomic E-state index is 13.0. The van der Waals surface area contributed by atoms with Crippen molar-refractivity contribution in [3.8, 4) is 0 Å². The zero-order valence-electron chi connectivity index (χ0n) is 18.7. The number of carbonyl (C=O) groups excluding carboxylic acids is 2. The highest BCUT2D eigenvalue weighted by Crippen LogP contribution is 2.35. The number of likely N-dealkylation sites (N-methyl/N-ethyl adjacent to an activating group) is 1. The Balaban J connectivity index is 0.00000151. The van der Waals surface area contributed by atoms with Crippen molar-refractivity contribution in [1.29, 1.82) is 0 Å². The normalized spacial score (nSPS) is 15.5. The quantitative estimate of drug-likeness (QED) is 0.487. The Hall–Kier alpha value is -2.16. The first-order valence-corrected chi connectivity index (χ1v) is 10.6. The molecule has 1 aromatic rings. The van der Waals surface area contributed by atoms with Crippen LogP contribution in [0.15, 0.2) is 24.3 Å². The number of nitrogens with one attached hydrogen (secondary N) is 1. The predicted molar refractivity (Wildman–Crippen MR) is 120 cm³/mol. The number of benzene rings is 1. The monoisotopic (exact) mass is 455 g/mol. The van der Waals surface area contributed by atoms with Crippen LogP contribution in [-0.2, 0) is 20.8 Å². The Kier molecular flexibility index (Phi) is 11.0. The van der Waals surface area contributed by atoms with Gasteiger partial charge in [-0.15, -0.1) is 0 Å². The van der Waals surface area contributed by atoms with Crippen molar-refractivity contribution in [2.45, 2.75) is 32.8 Å². The van der Waals surface area contributed by atoms with Gasteiger partial charge in [-0.1, -0.05) is 37.6 Å². The molecule has 0 saturated carbocycles. The molecule has 1 fully saturated rings. The van der Waals surface area contributed by atoms with E-state index in [1.54, 1.807) is 4.90 Å². The van der Waals surface area contributed by atoms with Gasteiger partial charge in [-0.25, -0.2) is 0 Å². The van der Waals surface area contributed by atoms with Crippen molar-refractivity contribution in [3.63, 3.8) is 0 Å². The Morgan fingerprint density at radius 3 is 2.29 bits per heavy atom. The second kappa shape index (κ2) is 12.6. The molecule has 1 heterocycles. The van der Waals surface area contributed by atoms with Crippen LogP contribution in [0.5, 0.6) is 0 Å². The highest BCUT2D eigenvalue weighted by Gasteiger charge is 2.51. The zero-order valence-corrected chi connectivity index (χ0v) is 19.4. The first kappa shape index (κ1) is 26.9. The molecule has 31 heavy (non-hydrogen) atoms. The van der Waals surface area contributed by atoms with Crippen molar-refractivity contribution in [1.82, 2.24) is 15.1 Å². The number of likely N-dealkylation sites (tertiary alicyclic amines) is 1. The van der Waals surface area contributed by atoms with Crippen molar-refractivity contribution in [2.24, 2.45) is 11.3 Å². The van der Waals surface area contributed by atoms with E-state index >= 15 is 0 Å². The fourth-order valence-corrected chi connectivity index (χ4v) is 3.63. The SMILES string of the molecule is CC(C)CC(O)C(=O)N1CC(Cc2ccc(Cl)cc2)(C(=O)NCCN(C)C)C1.O=CO. The number of aliphatic hydroxyl groups excluding tert-OH is 1. The van der Waals surface area contributed by atoms with Crippen LogP contribution in [0.3, 0.4) is 0 Å². The van der Waals surface area contributed by atoms with E-state index in [0.29, 0.717) is 37.5 Å². The number of aliphatic hydroxyl groups is 1. The lowest BCUT2D eigenvalue weighted by atomic mass is 9.73. The predicted octanol–water partition coefficient (Wildman–Crippen LogP) is 1.50. The molecule has 0 aromatic heterocycles. The average molecular weight is 456 g/mol. The molecular formula is C22H34ClN3O5. The number of carbonyl (C=O) groups is 3. The van der Waals surface area contributed by atoms with E-state index in [-0.39, 0.29) is 24.2 Å². The average Bonchev–Trinajstić information content (AvgIpc) is 2.65. The van der Waals surface area contributed by atoms with E-state index in [4.69, 9.17) is 21.5 Å². The molecule has 1 aromatic carbocycles. The van der Waals surface area contributed by atoms with Gasteiger partial charge < -0.3 is 25.3 Å². The van der Waals surface area contributed by atoms with Crippen LogP contribution in [0.1, 0.15) is 25.8 Å². The fraction of sp³-hybridized carbons (Fsp3) is 0.591. The Morgan fingerprint density at radius 2 is 1.81 bits per heavy atom. The van der Waals surface area contributed by atoms with Crippen LogP contribution in [0.4, 0.5) is 0 Å². The standard InChI is InChI=1S/C21H32ClN3O3.CH2O2/c1-15(2)11-18(26)19(27)25-13-21(14-25,20(28)23-9-10-24(3)4)12-16-5-7-17(22)8-6-16;2-1-3/h5-8,15,18,26H,9-14H2,1-4H3,(H,23,28);1H,(H,2,3). The van der Waals surface area contributed by atoms with Gasteiger partial charge in [-0.2, -0.15) is 0 Å². The zero-order chi connectivity index (χ0) is 23.6. The maximum Gasteiger partial charge on any atom is 0.290 e. The largest absolute Gasteiger partial charge is 0.483 e. The minimum Gasteiger partial charge on any atom is -0.483 e. The van der Waals surface area contributed by atoms with E-state index in [9.17, 15) is 14.7 Å². The summed E-state index contributed by atoms with van der Waals surface area (Å²) in [5.41, 5.74) is 0.329. The molecule has 0 spiro atoms. The first-order chi connectivity index (χ1) is 14.5. The molecule has 1 atom stereocenters. The highest BCUT2D eigenvalue weighted by atomic mass is 35.5. The summed E-state index contributed by atoms with van der Waals surface area (Å²) in [4.78, 5) is 37.4.